The van der Waals surface area contributed by atoms with E-state index < -0.39 is 0 Å². The number of nitrogens with zero attached hydrogens (tertiary/aromatic N) is 1. The van der Waals surface area contributed by atoms with E-state index >= 15 is 0 Å². The second kappa shape index (κ2) is 9.52. The van der Waals surface area contributed by atoms with Gasteiger partial charge in [-0.2, -0.15) is 0 Å². The summed E-state index contributed by atoms with van der Waals surface area (Å²) in [5.41, 5.74) is 1.75. The van der Waals surface area contributed by atoms with Crippen molar-refractivity contribution in [3.63, 3.8) is 0 Å². The first-order valence-corrected chi connectivity index (χ1v) is 9.57. The minimum atomic E-state index is -0.0726. The number of anilines is 1. The second-order valence-corrected chi connectivity index (χ2v) is 6.85. The fraction of sp³-hybridized carbons (Fsp3) is 0.409. The summed E-state index contributed by atoms with van der Waals surface area (Å²) in [6.45, 7) is 1.16. The second-order valence-electron chi connectivity index (χ2n) is 6.85. The molecule has 2 aromatic rings. The number of likely N-dealkylation sites (tertiary alicyclic amines) is 1. The molecule has 7 heteroatoms. The molecule has 29 heavy (non-hydrogen) atoms. The molecule has 1 amide bonds. The molecule has 1 heterocycles. The van der Waals surface area contributed by atoms with Crippen LogP contribution in [0.4, 0.5) is 5.69 Å². The first-order valence-electron chi connectivity index (χ1n) is 9.57. The van der Waals surface area contributed by atoms with Crippen molar-refractivity contribution in [2.24, 2.45) is 0 Å². The van der Waals surface area contributed by atoms with Gasteiger partial charge in [0.25, 0.3) is 0 Å². The maximum Gasteiger partial charge on any atom is 0.238 e. The Balaban J connectivity index is 1.70. The Morgan fingerprint density at radius 1 is 0.966 bits per heavy atom. The monoisotopic (exact) mass is 400 g/mol. The molecular formula is C22H28N2O5. The predicted molar refractivity (Wildman–Crippen MR) is 111 cm³/mol. The van der Waals surface area contributed by atoms with Crippen LogP contribution >= 0.6 is 0 Å². The fourth-order valence-corrected chi connectivity index (χ4v) is 3.76. The van der Waals surface area contributed by atoms with Gasteiger partial charge >= 0.3 is 0 Å². The van der Waals surface area contributed by atoms with Crippen LogP contribution in [0.2, 0.25) is 0 Å². The summed E-state index contributed by atoms with van der Waals surface area (Å²) in [6, 6.07) is 11.3. The minimum Gasteiger partial charge on any atom is -0.497 e. The number of nitrogens with one attached hydrogen (secondary N) is 1. The van der Waals surface area contributed by atoms with Crippen LogP contribution in [-0.2, 0) is 4.79 Å². The minimum absolute atomic E-state index is 0.0726. The molecule has 0 aliphatic carbocycles. The van der Waals surface area contributed by atoms with E-state index in [9.17, 15) is 4.79 Å². The molecule has 0 spiro atoms. The Morgan fingerprint density at radius 3 is 2.41 bits per heavy atom. The number of hydrogen-bond acceptors (Lipinski definition) is 6. The lowest BCUT2D eigenvalue weighted by Crippen LogP contribution is -2.33. The summed E-state index contributed by atoms with van der Waals surface area (Å²) < 4.78 is 21.4. The van der Waals surface area contributed by atoms with Gasteiger partial charge in [-0.3, -0.25) is 9.69 Å². The van der Waals surface area contributed by atoms with Crippen LogP contribution in [0.5, 0.6) is 23.0 Å². The molecule has 0 bridgehead atoms. The standard InChI is InChI=1S/C22H28N2O5/c1-26-16-8-9-17(20(13-16)28-3)18-6-5-11-24(18)14-22(25)23-15-7-10-19(27-2)21(12-15)29-4/h7-10,12-13,18H,5-6,11,14H2,1-4H3,(H,23,25)/t18-/m0/s1. The number of hydrogen-bond donors (Lipinski definition) is 1. The highest BCUT2D eigenvalue weighted by Crippen LogP contribution is 2.38. The average molecular weight is 400 g/mol. The van der Waals surface area contributed by atoms with E-state index in [0.717, 1.165) is 36.4 Å². The van der Waals surface area contributed by atoms with Gasteiger partial charge in [-0.05, 0) is 37.6 Å². The number of carbonyl (C=O) groups is 1. The Labute approximate surface area is 171 Å². The van der Waals surface area contributed by atoms with Crippen LogP contribution in [-0.4, -0.2) is 52.3 Å². The summed E-state index contributed by atoms with van der Waals surface area (Å²) in [5, 5.41) is 2.95. The lowest BCUT2D eigenvalue weighted by Gasteiger charge is -2.26. The van der Waals surface area contributed by atoms with Crippen molar-refractivity contribution in [3.8, 4) is 23.0 Å². The highest BCUT2D eigenvalue weighted by molar-refractivity contribution is 5.92. The van der Waals surface area contributed by atoms with Gasteiger partial charge in [0.15, 0.2) is 11.5 Å². The van der Waals surface area contributed by atoms with Crippen molar-refractivity contribution < 1.29 is 23.7 Å². The van der Waals surface area contributed by atoms with E-state index in [1.54, 1.807) is 46.6 Å². The Morgan fingerprint density at radius 2 is 1.72 bits per heavy atom. The van der Waals surface area contributed by atoms with E-state index in [1.165, 1.54) is 0 Å². The lowest BCUT2D eigenvalue weighted by molar-refractivity contribution is -0.117. The van der Waals surface area contributed by atoms with Gasteiger partial charge in [-0.1, -0.05) is 6.07 Å². The number of ether oxygens (including phenoxy) is 4. The van der Waals surface area contributed by atoms with Crippen LogP contribution in [0.1, 0.15) is 24.4 Å². The smallest absolute Gasteiger partial charge is 0.238 e. The molecule has 0 aromatic heterocycles. The number of methoxy groups -OCH3 is 4. The molecule has 0 saturated carbocycles. The summed E-state index contributed by atoms with van der Waals surface area (Å²) in [6.07, 6.45) is 2.01. The lowest BCUT2D eigenvalue weighted by atomic mass is 10.0. The molecule has 0 unspecified atom stereocenters. The summed E-state index contributed by atoms with van der Waals surface area (Å²) in [4.78, 5) is 14.9. The van der Waals surface area contributed by atoms with Gasteiger partial charge in [0.1, 0.15) is 11.5 Å². The van der Waals surface area contributed by atoms with Crippen molar-refractivity contribution >= 4 is 11.6 Å². The number of benzene rings is 2. The Kier molecular flexibility index (Phi) is 6.82. The van der Waals surface area contributed by atoms with Crippen molar-refractivity contribution in [3.05, 3.63) is 42.0 Å². The zero-order chi connectivity index (χ0) is 20.8. The molecule has 2 aromatic carbocycles. The third kappa shape index (κ3) is 4.74. The molecule has 7 nitrogen and oxygen atoms in total. The van der Waals surface area contributed by atoms with Crippen LogP contribution in [0, 0.1) is 0 Å². The number of carbonyl (C=O) groups excluding carboxylic acids is 1. The Bertz CT molecular complexity index is 855. The third-order valence-electron chi connectivity index (χ3n) is 5.18. The van der Waals surface area contributed by atoms with E-state index in [0.29, 0.717) is 23.7 Å². The van der Waals surface area contributed by atoms with Crippen LogP contribution < -0.4 is 24.3 Å². The van der Waals surface area contributed by atoms with Crippen molar-refractivity contribution in [1.82, 2.24) is 4.90 Å². The first-order chi connectivity index (χ1) is 14.1. The fourth-order valence-electron chi connectivity index (χ4n) is 3.76. The van der Waals surface area contributed by atoms with Crippen LogP contribution in [0.25, 0.3) is 0 Å². The molecule has 1 N–H and O–H groups in total. The maximum atomic E-state index is 12.7. The van der Waals surface area contributed by atoms with Crippen molar-refractivity contribution in [2.75, 3.05) is 46.8 Å². The normalized spacial score (nSPS) is 16.3. The van der Waals surface area contributed by atoms with E-state index in [-0.39, 0.29) is 11.9 Å². The van der Waals surface area contributed by atoms with E-state index in [4.69, 9.17) is 18.9 Å². The van der Waals surface area contributed by atoms with Gasteiger partial charge in [-0.25, -0.2) is 0 Å². The van der Waals surface area contributed by atoms with E-state index in [1.807, 2.05) is 18.2 Å². The van der Waals surface area contributed by atoms with Gasteiger partial charge in [0.2, 0.25) is 5.91 Å². The zero-order valence-electron chi connectivity index (χ0n) is 17.4. The SMILES string of the molecule is COc1ccc([C@@H]2CCCN2CC(=O)Nc2ccc(OC)c(OC)c2)c(OC)c1. The summed E-state index contributed by atoms with van der Waals surface area (Å²) in [5.74, 6) is 2.66. The first kappa shape index (κ1) is 20.8. The molecule has 3 rings (SSSR count). The summed E-state index contributed by atoms with van der Waals surface area (Å²) in [7, 11) is 6.44. The number of amides is 1. The van der Waals surface area contributed by atoms with Gasteiger partial charge in [-0.15, -0.1) is 0 Å². The highest BCUT2D eigenvalue weighted by Gasteiger charge is 2.30. The Hall–Kier alpha value is -2.93. The molecule has 1 fully saturated rings. The van der Waals surface area contributed by atoms with Crippen LogP contribution in [0.15, 0.2) is 36.4 Å². The third-order valence-corrected chi connectivity index (χ3v) is 5.18. The molecule has 1 saturated heterocycles. The summed E-state index contributed by atoms with van der Waals surface area (Å²) >= 11 is 0. The zero-order valence-corrected chi connectivity index (χ0v) is 17.4. The largest absolute Gasteiger partial charge is 0.497 e. The van der Waals surface area contributed by atoms with Gasteiger partial charge < -0.3 is 24.3 Å². The quantitative estimate of drug-likeness (QED) is 0.732. The average Bonchev–Trinajstić information content (AvgIpc) is 3.20. The van der Waals surface area contributed by atoms with E-state index in [2.05, 4.69) is 10.2 Å². The molecule has 0 radical (unpaired) electrons. The molecule has 1 aliphatic rings. The maximum absolute atomic E-state index is 12.7. The molecule has 156 valence electrons. The van der Waals surface area contributed by atoms with Crippen molar-refractivity contribution in [1.29, 1.82) is 0 Å². The topological polar surface area (TPSA) is 69.3 Å². The highest BCUT2D eigenvalue weighted by atomic mass is 16.5. The molecular weight excluding hydrogens is 372 g/mol. The van der Waals surface area contributed by atoms with Gasteiger partial charge in [0, 0.05) is 29.4 Å². The molecule has 1 aliphatic heterocycles. The molecule has 1 atom stereocenters. The van der Waals surface area contributed by atoms with Crippen LogP contribution in [0.3, 0.4) is 0 Å². The van der Waals surface area contributed by atoms with Gasteiger partial charge in [0.05, 0.1) is 35.0 Å². The van der Waals surface area contributed by atoms with Crippen molar-refractivity contribution in [2.45, 2.75) is 18.9 Å². The predicted octanol–water partition coefficient (Wildman–Crippen LogP) is 3.50. The number of rotatable bonds is 8.